The molecule has 0 aliphatic rings. The predicted molar refractivity (Wildman–Crippen MR) is 69.4 cm³/mol. The lowest BCUT2D eigenvalue weighted by molar-refractivity contribution is -0.121. The van der Waals surface area contributed by atoms with E-state index in [0.29, 0.717) is 24.5 Å². The molecule has 0 radical (unpaired) electrons. The Bertz CT molecular complexity index is 192. The van der Waals surface area contributed by atoms with Crippen molar-refractivity contribution in [1.82, 2.24) is 10.6 Å². The van der Waals surface area contributed by atoms with Crippen LogP contribution in [-0.4, -0.2) is 24.5 Å². The molecule has 3 nitrogen and oxygen atoms in total. The molecule has 0 saturated heterocycles. The highest BCUT2D eigenvalue weighted by molar-refractivity contribution is 5.78. The Kier molecular flexibility index (Phi) is 8.26. The first-order valence-electron chi connectivity index (χ1n) is 6.48. The topological polar surface area (TPSA) is 41.1 Å². The molecule has 0 aromatic rings. The zero-order valence-electron chi connectivity index (χ0n) is 11.5. The summed E-state index contributed by atoms with van der Waals surface area (Å²) in [7, 11) is 0. The quantitative estimate of drug-likeness (QED) is 0.669. The number of hydrogen-bond acceptors (Lipinski definition) is 2. The molecule has 96 valence electrons. The van der Waals surface area contributed by atoms with Gasteiger partial charge >= 0.3 is 0 Å². The second kappa shape index (κ2) is 8.57. The zero-order valence-corrected chi connectivity index (χ0v) is 11.5. The van der Waals surface area contributed by atoms with Crippen molar-refractivity contribution in [2.75, 3.05) is 6.54 Å². The Labute approximate surface area is 100 Å². The summed E-state index contributed by atoms with van der Waals surface area (Å²) in [5, 5.41) is 6.24. The number of rotatable bonds is 8. The lowest BCUT2D eigenvalue weighted by Gasteiger charge is -2.17. The largest absolute Gasteiger partial charge is 0.353 e. The van der Waals surface area contributed by atoms with Gasteiger partial charge in [0.2, 0.25) is 5.91 Å². The molecule has 3 heteroatoms. The number of amides is 1. The van der Waals surface area contributed by atoms with Gasteiger partial charge in [-0.05, 0) is 32.6 Å². The van der Waals surface area contributed by atoms with Gasteiger partial charge in [-0.25, -0.2) is 0 Å². The van der Waals surface area contributed by atoms with Gasteiger partial charge in [0.25, 0.3) is 0 Å². The van der Waals surface area contributed by atoms with E-state index in [9.17, 15) is 4.79 Å². The molecule has 2 unspecified atom stereocenters. The predicted octanol–water partition coefficient (Wildman–Crippen LogP) is 2.32. The fraction of sp³-hybridized carbons (Fsp3) is 0.923. The molecular formula is C13H28N2O. The maximum Gasteiger partial charge on any atom is 0.234 e. The summed E-state index contributed by atoms with van der Waals surface area (Å²) in [6.07, 6.45) is 3.27. The first-order chi connectivity index (χ1) is 7.45. The van der Waals surface area contributed by atoms with Gasteiger partial charge < -0.3 is 10.6 Å². The van der Waals surface area contributed by atoms with Crippen LogP contribution >= 0.6 is 0 Å². The van der Waals surface area contributed by atoms with Crippen LogP contribution in [0.15, 0.2) is 0 Å². The zero-order chi connectivity index (χ0) is 12.6. The van der Waals surface area contributed by atoms with Gasteiger partial charge in [0.05, 0.1) is 6.54 Å². The lowest BCUT2D eigenvalue weighted by Crippen LogP contribution is -2.41. The molecule has 0 bridgehead atoms. The minimum Gasteiger partial charge on any atom is -0.353 e. The third-order valence-electron chi connectivity index (χ3n) is 2.57. The minimum absolute atomic E-state index is 0.108. The fourth-order valence-electron chi connectivity index (χ4n) is 1.89. The van der Waals surface area contributed by atoms with E-state index in [1.54, 1.807) is 0 Å². The van der Waals surface area contributed by atoms with Gasteiger partial charge in [0, 0.05) is 12.1 Å². The second-order valence-corrected chi connectivity index (χ2v) is 5.17. The van der Waals surface area contributed by atoms with Crippen molar-refractivity contribution in [3.63, 3.8) is 0 Å². The molecule has 0 rings (SSSR count). The molecule has 0 spiro atoms. The van der Waals surface area contributed by atoms with Gasteiger partial charge in [-0.2, -0.15) is 0 Å². The van der Waals surface area contributed by atoms with Gasteiger partial charge in [0.1, 0.15) is 0 Å². The van der Waals surface area contributed by atoms with Crippen molar-refractivity contribution in [2.24, 2.45) is 5.92 Å². The molecule has 1 amide bonds. The van der Waals surface area contributed by atoms with Crippen LogP contribution in [0.1, 0.15) is 53.9 Å². The summed E-state index contributed by atoms with van der Waals surface area (Å²) in [6.45, 7) is 11.1. The van der Waals surface area contributed by atoms with Crippen LogP contribution in [0.4, 0.5) is 0 Å². The average Bonchev–Trinajstić information content (AvgIpc) is 2.14. The van der Waals surface area contributed by atoms with Crippen molar-refractivity contribution in [2.45, 2.75) is 66.0 Å². The highest BCUT2D eigenvalue weighted by atomic mass is 16.1. The Morgan fingerprint density at radius 3 is 2.25 bits per heavy atom. The SMILES string of the molecule is CCCC(C)NC(=O)CNC(C)CC(C)C. The molecule has 0 saturated carbocycles. The van der Waals surface area contributed by atoms with E-state index in [1.165, 1.54) is 0 Å². The van der Waals surface area contributed by atoms with E-state index in [1.807, 2.05) is 0 Å². The molecule has 0 heterocycles. The summed E-state index contributed by atoms with van der Waals surface area (Å²) in [6, 6.07) is 0.701. The molecule has 16 heavy (non-hydrogen) atoms. The van der Waals surface area contributed by atoms with Crippen LogP contribution in [0.5, 0.6) is 0 Å². The minimum atomic E-state index is 0.108. The summed E-state index contributed by atoms with van der Waals surface area (Å²) >= 11 is 0. The number of nitrogens with one attached hydrogen (secondary N) is 2. The monoisotopic (exact) mass is 228 g/mol. The number of hydrogen-bond donors (Lipinski definition) is 2. The van der Waals surface area contributed by atoms with Crippen molar-refractivity contribution in [3.8, 4) is 0 Å². The number of carbonyl (C=O) groups excluding carboxylic acids is 1. The number of carbonyl (C=O) groups is 1. The molecule has 0 aromatic carbocycles. The molecule has 0 aliphatic heterocycles. The maximum absolute atomic E-state index is 11.5. The molecule has 2 atom stereocenters. The van der Waals surface area contributed by atoms with E-state index in [-0.39, 0.29) is 5.91 Å². The van der Waals surface area contributed by atoms with E-state index in [0.717, 1.165) is 19.3 Å². The first-order valence-corrected chi connectivity index (χ1v) is 6.48. The molecule has 2 N–H and O–H groups in total. The van der Waals surface area contributed by atoms with Crippen LogP contribution in [0, 0.1) is 5.92 Å². The van der Waals surface area contributed by atoms with E-state index < -0.39 is 0 Å². The third kappa shape index (κ3) is 8.72. The van der Waals surface area contributed by atoms with Crippen molar-refractivity contribution < 1.29 is 4.79 Å². The Morgan fingerprint density at radius 1 is 1.12 bits per heavy atom. The maximum atomic E-state index is 11.5. The van der Waals surface area contributed by atoms with E-state index >= 15 is 0 Å². The van der Waals surface area contributed by atoms with Crippen molar-refractivity contribution in [3.05, 3.63) is 0 Å². The average molecular weight is 228 g/mol. The van der Waals surface area contributed by atoms with E-state index in [4.69, 9.17) is 0 Å². The van der Waals surface area contributed by atoms with Crippen molar-refractivity contribution >= 4 is 5.91 Å². The Hall–Kier alpha value is -0.570. The van der Waals surface area contributed by atoms with Crippen LogP contribution in [0.25, 0.3) is 0 Å². The Morgan fingerprint density at radius 2 is 1.75 bits per heavy atom. The third-order valence-corrected chi connectivity index (χ3v) is 2.57. The second-order valence-electron chi connectivity index (χ2n) is 5.17. The molecule has 0 aliphatic carbocycles. The van der Waals surface area contributed by atoms with E-state index in [2.05, 4.69) is 45.3 Å². The summed E-state index contributed by atoms with van der Waals surface area (Å²) < 4.78 is 0. The summed E-state index contributed by atoms with van der Waals surface area (Å²) in [5.41, 5.74) is 0. The highest BCUT2D eigenvalue weighted by Gasteiger charge is 2.09. The van der Waals surface area contributed by atoms with Crippen LogP contribution in [0.3, 0.4) is 0 Å². The Balaban J connectivity index is 3.64. The molecule has 0 aromatic heterocycles. The summed E-state index contributed by atoms with van der Waals surface area (Å²) in [4.78, 5) is 11.5. The van der Waals surface area contributed by atoms with Gasteiger partial charge in [0.15, 0.2) is 0 Å². The van der Waals surface area contributed by atoms with Crippen LogP contribution < -0.4 is 10.6 Å². The van der Waals surface area contributed by atoms with Crippen LogP contribution in [-0.2, 0) is 4.79 Å². The standard InChI is InChI=1S/C13H28N2O/c1-6-7-11(4)15-13(16)9-14-12(5)8-10(2)3/h10-12,14H,6-9H2,1-5H3,(H,15,16). The fourth-order valence-corrected chi connectivity index (χ4v) is 1.89. The normalized spacial score (nSPS) is 14.9. The summed E-state index contributed by atoms with van der Waals surface area (Å²) in [5.74, 6) is 0.779. The van der Waals surface area contributed by atoms with Crippen LogP contribution in [0.2, 0.25) is 0 Å². The molecule has 0 fully saturated rings. The first kappa shape index (κ1) is 15.4. The van der Waals surface area contributed by atoms with Gasteiger partial charge in [-0.15, -0.1) is 0 Å². The smallest absolute Gasteiger partial charge is 0.234 e. The lowest BCUT2D eigenvalue weighted by atomic mass is 10.1. The van der Waals surface area contributed by atoms with Crippen molar-refractivity contribution in [1.29, 1.82) is 0 Å². The van der Waals surface area contributed by atoms with Gasteiger partial charge in [-0.1, -0.05) is 27.2 Å². The highest BCUT2D eigenvalue weighted by Crippen LogP contribution is 2.03. The van der Waals surface area contributed by atoms with Gasteiger partial charge in [-0.3, -0.25) is 4.79 Å². The molecular weight excluding hydrogens is 200 g/mol.